The van der Waals surface area contributed by atoms with Gasteiger partial charge in [0.1, 0.15) is 0 Å². The fourth-order valence-corrected chi connectivity index (χ4v) is 0.669. The standard InChI is InChI=1S/C7H13NO2/c1-2-6(9)5-7(10)3-4-8/h6-7,9-10H,2-3,5H2,1H3/t6-,7+/m1/s1. The van der Waals surface area contributed by atoms with Crippen LogP contribution in [0.2, 0.25) is 0 Å². The van der Waals surface area contributed by atoms with Crippen LogP contribution in [-0.2, 0) is 0 Å². The summed E-state index contributed by atoms with van der Waals surface area (Å²) >= 11 is 0. The second kappa shape index (κ2) is 5.21. The van der Waals surface area contributed by atoms with Crippen LogP contribution in [0.25, 0.3) is 0 Å². The third-order valence-corrected chi connectivity index (χ3v) is 1.34. The van der Waals surface area contributed by atoms with Crippen molar-refractivity contribution in [2.45, 2.75) is 38.4 Å². The zero-order valence-electron chi connectivity index (χ0n) is 6.12. The Morgan fingerprint density at radius 1 is 1.40 bits per heavy atom. The highest BCUT2D eigenvalue weighted by atomic mass is 16.3. The quantitative estimate of drug-likeness (QED) is 0.599. The van der Waals surface area contributed by atoms with Crippen LogP contribution in [0.3, 0.4) is 0 Å². The molecule has 2 atom stereocenters. The molecule has 0 unspecified atom stereocenters. The molecule has 0 radical (unpaired) electrons. The van der Waals surface area contributed by atoms with E-state index in [2.05, 4.69) is 0 Å². The number of aliphatic hydroxyl groups excluding tert-OH is 2. The van der Waals surface area contributed by atoms with E-state index >= 15 is 0 Å². The van der Waals surface area contributed by atoms with Crippen molar-refractivity contribution in [2.24, 2.45) is 0 Å². The number of nitriles is 1. The summed E-state index contributed by atoms with van der Waals surface area (Å²) in [6, 6.07) is 1.84. The molecule has 0 heterocycles. The number of rotatable bonds is 4. The normalized spacial score (nSPS) is 15.8. The minimum atomic E-state index is -0.667. The van der Waals surface area contributed by atoms with Crippen molar-refractivity contribution in [3.63, 3.8) is 0 Å². The van der Waals surface area contributed by atoms with Crippen LogP contribution in [0.1, 0.15) is 26.2 Å². The monoisotopic (exact) mass is 143 g/mol. The van der Waals surface area contributed by atoms with Crippen LogP contribution in [0, 0.1) is 11.3 Å². The second-order valence-electron chi connectivity index (χ2n) is 2.31. The van der Waals surface area contributed by atoms with E-state index in [0.29, 0.717) is 12.8 Å². The maximum Gasteiger partial charge on any atom is 0.0694 e. The molecule has 10 heavy (non-hydrogen) atoms. The minimum Gasteiger partial charge on any atom is -0.393 e. The lowest BCUT2D eigenvalue weighted by atomic mass is 10.1. The van der Waals surface area contributed by atoms with Crippen LogP contribution < -0.4 is 0 Å². The molecule has 0 aromatic heterocycles. The van der Waals surface area contributed by atoms with Gasteiger partial charge in [0.15, 0.2) is 0 Å². The average Bonchev–Trinajstić information content (AvgIpc) is 1.88. The first-order valence-electron chi connectivity index (χ1n) is 3.43. The van der Waals surface area contributed by atoms with Crippen molar-refractivity contribution in [3.05, 3.63) is 0 Å². The molecule has 0 aromatic rings. The van der Waals surface area contributed by atoms with E-state index in [1.54, 1.807) is 0 Å². The van der Waals surface area contributed by atoms with Crippen LogP contribution in [-0.4, -0.2) is 22.4 Å². The van der Waals surface area contributed by atoms with Crippen molar-refractivity contribution < 1.29 is 10.2 Å². The van der Waals surface area contributed by atoms with Crippen LogP contribution in [0.15, 0.2) is 0 Å². The summed E-state index contributed by atoms with van der Waals surface area (Å²) in [4.78, 5) is 0. The first-order valence-corrected chi connectivity index (χ1v) is 3.43. The van der Waals surface area contributed by atoms with Crippen molar-refractivity contribution in [1.29, 1.82) is 5.26 Å². The van der Waals surface area contributed by atoms with Gasteiger partial charge in [-0.2, -0.15) is 5.26 Å². The van der Waals surface area contributed by atoms with E-state index in [0.717, 1.165) is 0 Å². The van der Waals surface area contributed by atoms with Gasteiger partial charge < -0.3 is 10.2 Å². The third kappa shape index (κ3) is 4.30. The van der Waals surface area contributed by atoms with E-state index in [-0.39, 0.29) is 6.42 Å². The number of hydrogen-bond donors (Lipinski definition) is 2. The predicted molar refractivity (Wildman–Crippen MR) is 37.2 cm³/mol. The van der Waals surface area contributed by atoms with Crippen molar-refractivity contribution >= 4 is 0 Å². The third-order valence-electron chi connectivity index (χ3n) is 1.34. The molecule has 0 spiro atoms. The fraction of sp³-hybridized carbons (Fsp3) is 0.857. The molecule has 3 heteroatoms. The number of nitrogens with zero attached hydrogens (tertiary/aromatic N) is 1. The lowest BCUT2D eigenvalue weighted by molar-refractivity contribution is 0.0810. The van der Waals surface area contributed by atoms with Crippen molar-refractivity contribution in [3.8, 4) is 6.07 Å². The number of aliphatic hydroxyl groups is 2. The van der Waals surface area contributed by atoms with E-state index in [1.807, 2.05) is 13.0 Å². The first-order chi connectivity index (χ1) is 4.70. The molecular weight excluding hydrogens is 130 g/mol. The summed E-state index contributed by atoms with van der Waals surface area (Å²) in [7, 11) is 0. The van der Waals surface area contributed by atoms with Crippen LogP contribution in [0.5, 0.6) is 0 Å². The van der Waals surface area contributed by atoms with Crippen molar-refractivity contribution in [2.75, 3.05) is 0 Å². The Hall–Kier alpha value is -0.590. The van der Waals surface area contributed by atoms with Gasteiger partial charge in [0, 0.05) is 6.42 Å². The van der Waals surface area contributed by atoms with E-state index in [1.165, 1.54) is 0 Å². The van der Waals surface area contributed by atoms with Crippen LogP contribution >= 0.6 is 0 Å². The Morgan fingerprint density at radius 3 is 2.40 bits per heavy atom. The Balaban J connectivity index is 3.38. The highest BCUT2D eigenvalue weighted by Crippen LogP contribution is 2.03. The van der Waals surface area contributed by atoms with Gasteiger partial charge in [0.05, 0.1) is 24.7 Å². The molecule has 0 amide bonds. The summed E-state index contributed by atoms with van der Waals surface area (Å²) in [6.07, 6.45) is -0.0906. The number of hydrogen-bond acceptors (Lipinski definition) is 3. The first kappa shape index (κ1) is 9.41. The Kier molecular flexibility index (Phi) is 4.91. The van der Waals surface area contributed by atoms with Gasteiger partial charge in [0.2, 0.25) is 0 Å². The molecule has 0 fully saturated rings. The summed E-state index contributed by atoms with van der Waals surface area (Å²) in [5, 5.41) is 26.1. The van der Waals surface area contributed by atoms with Crippen molar-refractivity contribution in [1.82, 2.24) is 0 Å². The molecule has 0 bridgehead atoms. The molecule has 0 saturated heterocycles. The molecular formula is C7H13NO2. The Bertz CT molecular complexity index is 119. The average molecular weight is 143 g/mol. The fourth-order valence-electron chi connectivity index (χ4n) is 0.669. The van der Waals surface area contributed by atoms with Gasteiger partial charge in [-0.05, 0) is 6.42 Å². The smallest absolute Gasteiger partial charge is 0.0694 e. The lowest BCUT2D eigenvalue weighted by Gasteiger charge is -2.10. The SMILES string of the molecule is CC[C@@H](O)C[C@@H](O)CC#N. The zero-order chi connectivity index (χ0) is 7.98. The predicted octanol–water partition coefficient (Wildman–Crippen LogP) is 0.422. The lowest BCUT2D eigenvalue weighted by Crippen LogP contribution is -2.15. The highest BCUT2D eigenvalue weighted by molar-refractivity contribution is 4.76. The topological polar surface area (TPSA) is 64.2 Å². The Labute approximate surface area is 60.9 Å². The minimum absolute atomic E-state index is 0.108. The maximum absolute atomic E-state index is 8.99. The summed E-state index contributed by atoms with van der Waals surface area (Å²) in [6.45, 7) is 1.84. The van der Waals surface area contributed by atoms with Gasteiger partial charge in [-0.25, -0.2) is 0 Å². The molecule has 0 aliphatic rings. The molecule has 58 valence electrons. The summed E-state index contributed by atoms with van der Waals surface area (Å²) < 4.78 is 0. The molecule has 0 aromatic carbocycles. The van der Waals surface area contributed by atoms with Gasteiger partial charge in [-0.15, -0.1) is 0 Å². The van der Waals surface area contributed by atoms with Gasteiger partial charge in [-0.3, -0.25) is 0 Å². The summed E-state index contributed by atoms with van der Waals surface area (Å²) in [5.41, 5.74) is 0. The molecule has 0 aliphatic heterocycles. The molecule has 2 N–H and O–H groups in total. The van der Waals surface area contributed by atoms with E-state index in [4.69, 9.17) is 15.5 Å². The molecule has 0 rings (SSSR count). The summed E-state index contributed by atoms with van der Waals surface area (Å²) in [5.74, 6) is 0. The molecule has 0 aliphatic carbocycles. The maximum atomic E-state index is 8.99. The molecule has 0 saturated carbocycles. The molecule has 3 nitrogen and oxygen atoms in total. The van der Waals surface area contributed by atoms with E-state index < -0.39 is 12.2 Å². The largest absolute Gasteiger partial charge is 0.393 e. The van der Waals surface area contributed by atoms with Gasteiger partial charge >= 0.3 is 0 Å². The zero-order valence-corrected chi connectivity index (χ0v) is 6.12. The second-order valence-corrected chi connectivity index (χ2v) is 2.31. The van der Waals surface area contributed by atoms with Gasteiger partial charge in [-0.1, -0.05) is 6.92 Å². The highest BCUT2D eigenvalue weighted by Gasteiger charge is 2.08. The Morgan fingerprint density at radius 2 is 2.00 bits per heavy atom. The van der Waals surface area contributed by atoms with E-state index in [9.17, 15) is 0 Å². The van der Waals surface area contributed by atoms with Gasteiger partial charge in [0.25, 0.3) is 0 Å². The van der Waals surface area contributed by atoms with Crippen LogP contribution in [0.4, 0.5) is 0 Å².